The first-order valence-electron chi connectivity index (χ1n) is 3.77. The molecule has 62 valence electrons. The molecule has 0 aromatic carbocycles. The van der Waals surface area contributed by atoms with E-state index in [1.165, 1.54) is 0 Å². The second kappa shape index (κ2) is 4.46. The van der Waals surface area contributed by atoms with Crippen LogP contribution in [0.1, 0.15) is 19.5 Å². The van der Waals surface area contributed by atoms with Gasteiger partial charge in [-0.2, -0.15) is 0 Å². The molecule has 0 atom stereocenters. The predicted octanol–water partition coefficient (Wildman–Crippen LogP) is 2.11. The van der Waals surface area contributed by atoms with Crippen molar-refractivity contribution in [1.29, 1.82) is 0 Å². The summed E-state index contributed by atoms with van der Waals surface area (Å²) < 4.78 is 5.38. The second-order valence-corrected chi connectivity index (χ2v) is 3.37. The van der Waals surface area contributed by atoms with Gasteiger partial charge in [-0.1, -0.05) is 0 Å². The van der Waals surface area contributed by atoms with Gasteiger partial charge in [0.25, 0.3) is 0 Å². The Balaban J connectivity index is 2.14. The molecule has 0 unspecified atom stereocenters. The van der Waals surface area contributed by atoms with Gasteiger partial charge >= 0.3 is 0 Å². The SMILES string of the molecule is CC(C)OCCc1cscn1. The van der Waals surface area contributed by atoms with Crippen LogP contribution in [0.25, 0.3) is 0 Å². The summed E-state index contributed by atoms with van der Waals surface area (Å²) >= 11 is 1.63. The molecule has 1 rings (SSSR count). The van der Waals surface area contributed by atoms with Crippen LogP contribution >= 0.6 is 11.3 Å². The van der Waals surface area contributed by atoms with Gasteiger partial charge < -0.3 is 4.74 Å². The molecule has 1 heterocycles. The van der Waals surface area contributed by atoms with Crippen molar-refractivity contribution in [1.82, 2.24) is 4.98 Å². The Hall–Kier alpha value is -0.410. The molecule has 0 fully saturated rings. The van der Waals surface area contributed by atoms with Crippen LogP contribution in [0.2, 0.25) is 0 Å². The summed E-state index contributed by atoms with van der Waals surface area (Å²) in [6.45, 7) is 4.86. The van der Waals surface area contributed by atoms with Crippen LogP contribution in [0, 0.1) is 0 Å². The third kappa shape index (κ3) is 3.49. The third-order valence-corrected chi connectivity index (χ3v) is 1.93. The highest BCUT2D eigenvalue weighted by Crippen LogP contribution is 2.02. The molecule has 0 aliphatic rings. The molecule has 1 aromatic rings. The molecule has 0 amide bonds. The lowest BCUT2D eigenvalue weighted by molar-refractivity contribution is 0.0810. The largest absolute Gasteiger partial charge is 0.378 e. The Bertz CT molecular complexity index is 184. The molecule has 0 aliphatic carbocycles. The van der Waals surface area contributed by atoms with Crippen molar-refractivity contribution in [2.75, 3.05) is 6.61 Å². The summed E-state index contributed by atoms with van der Waals surface area (Å²) in [4.78, 5) is 4.15. The smallest absolute Gasteiger partial charge is 0.0794 e. The van der Waals surface area contributed by atoms with Gasteiger partial charge in [0.2, 0.25) is 0 Å². The molecule has 3 heteroatoms. The molecule has 2 nitrogen and oxygen atoms in total. The lowest BCUT2D eigenvalue weighted by atomic mass is 10.3. The van der Waals surface area contributed by atoms with E-state index < -0.39 is 0 Å². The molecule has 0 N–H and O–H groups in total. The van der Waals surface area contributed by atoms with Gasteiger partial charge in [0, 0.05) is 11.8 Å². The lowest BCUT2D eigenvalue weighted by Gasteiger charge is -2.04. The minimum Gasteiger partial charge on any atom is -0.378 e. The number of hydrogen-bond donors (Lipinski definition) is 0. The van der Waals surface area contributed by atoms with Gasteiger partial charge in [-0.05, 0) is 13.8 Å². The number of hydrogen-bond acceptors (Lipinski definition) is 3. The van der Waals surface area contributed by atoms with Crippen molar-refractivity contribution in [2.45, 2.75) is 26.4 Å². The average Bonchev–Trinajstić information content (AvgIpc) is 2.39. The Labute approximate surface area is 71.2 Å². The van der Waals surface area contributed by atoms with Gasteiger partial charge in [-0.15, -0.1) is 11.3 Å². The number of nitrogens with zero attached hydrogens (tertiary/aromatic N) is 1. The fourth-order valence-electron chi connectivity index (χ4n) is 0.760. The van der Waals surface area contributed by atoms with Crippen LogP contribution in [0.15, 0.2) is 10.9 Å². The first kappa shape index (κ1) is 8.68. The fourth-order valence-corrected chi connectivity index (χ4v) is 1.35. The topological polar surface area (TPSA) is 22.1 Å². The van der Waals surface area contributed by atoms with Crippen molar-refractivity contribution < 1.29 is 4.74 Å². The Morgan fingerprint density at radius 2 is 2.45 bits per heavy atom. The summed E-state index contributed by atoms with van der Waals surface area (Å²) in [7, 11) is 0. The van der Waals surface area contributed by atoms with E-state index in [1.54, 1.807) is 11.3 Å². The van der Waals surface area contributed by atoms with Crippen LogP contribution in [0.5, 0.6) is 0 Å². The van der Waals surface area contributed by atoms with E-state index in [4.69, 9.17) is 4.74 Å². The highest BCUT2D eigenvalue weighted by atomic mass is 32.1. The van der Waals surface area contributed by atoms with E-state index in [0.29, 0.717) is 6.10 Å². The fraction of sp³-hybridized carbons (Fsp3) is 0.625. The van der Waals surface area contributed by atoms with E-state index in [9.17, 15) is 0 Å². The molecular weight excluding hydrogens is 158 g/mol. The van der Waals surface area contributed by atoms with Gasteiger partial charge in [0.15, 0.2) is 0 Å². The van der Waals surface area contributed by atoms with Crippen molar-refractivity contribution in [3.8, 4) is 0 Å². The Morgan fingerprint density at radius 1 is 1.64 bits per heavy atom. The zero-order valence-electron chi connectivity index (χ0n) is 6.91. The van der Waals surface area contributed by atoms with Gasteiger partial charge in [-0.3, -0.25) is 0 Å². The number of aromatic nitrogens is 1. The molecule has 1 aromatic heterocycles. The van der Waals surface area contributed by atoms with Crippen molar-refractivity contribution >= 4 is 11.3 Å². The summed E-state index contributed by atoms with van der Waals surface area (Å²) in [5.41, 5.74) is 2.99. The normalized spacial score (nSPS) is 10.8. The van der Waals surface area contributed by atoms with E-state index in [0.717, 1.165) is 18.7 Å². The number of ether oxygens (including phenoxy) is 1. The van der Waals surface area contributed by atoms with Gasteiger partial charge in [0.05, 0.1) is 23.9 Å². The van der Waals surface area contributed by atoms with Crippen molar-refractivity contribution in [3.05, 3.63) is 16.6 Å². The average molecular weight is 171 g/mol. The van der Waals surface area contributed by atoms with Crippen LogP contribution < -0.4 is 0 Å². The molecule has 0 saturated heterocycles. The van der Waals surface area contributed by atoms with E-state index in [-0.39, 0.29) is 0 Å². The highest BCUT2D eigenvalue weighted by molar-refractivity contribution is 7.07. The van der Waals surface area contributed by atoms with Gasteiger partial charge in [-0.25, -0.2) is 4.98 Å². The Morgan fingerprint density at radius 3 is 3.00 bits per heavy atom. The minimum atomic E-state index is 0.327. The maximum Gasteiger partial charge on any atom is 0.0794 e. The van der Waals surface area contributed by atoms with Crippen LogP contribution in [0.4, 0.5) is 0 Å². The van der Waals surface area contributed by atoms with Crippen molar-refractivity contribution in [2.24, 2.45) is 0 Å². The quantitative estimate of drug-likeness (QED) is 0.692. The first-order chi connectivity index (χ1) is 5.29. The zero-order chi connectivity index (χ0) is 8.10. The molecular formula is C8H13NOS. The maximum absolute atomic E-state index is 5.38. The van der Waals surface area contributed by atoms with Crippen LogP contribution in [-0.4, -0.2) is 17.7 Å². The second-order valence-electron chi connectivity index (χ2n) is 2.65. The van der Waals surface area contributed by atoms with Crippen molar-refractivity contribution in [3.63, 3.8) is 0 Å². The minimum absolute atomic E-state index is 0.327. The zero-order valence-corrected chi connectivity index (χ0v) is 7.73. The molecule has 0 spiro atoms. The van der Waals surface area contributed by atoms with E-state index in [2.05, 4.69) is 10.4 Å². The molecule has 0 saturated carbocycles. The first-order valence-corrected chi connectivity index (χ1v) is 4.72. The summed E-state index contributed by atoms with van der Waals surface area (Å²) in [6, 6.07) is 0. The summed E-state index contributed by atoms with van der Waals surface area (Å²) in [5.74, 6) is 0. The molecule has 11 heavy (non-hydrogen) atoms. The maximum atomic E-state index is 5.38. The molecule has 0 bridgehead atoms. The number of thiazole rings is 1. The monoisotopic (exact) mass is 171 g/mol. The Kier molecular flexibility index (Phi) is 3.52. The lowest BCUT2D eigenvalue weighted by Crippen LogP contribution is -2.05. The third-order valence-electron chi connectivity index (χ3n) is 1.29. The van der Waals surface area contributed by atoms with Crippen LogP contribution in [-0.2, 0) is 11.2 Å². The summed E-state index contributed by atoms with van der Waals surface area (Å²) in [6.07, 6.45) is 1.26. The standard InChI is InChI=1S/C8H13NOS/c1-7(2)10-4-3-8-5-11-6-9-8/h5-7H,3-4H2,1-2H3. The molecule has 0 radical (unpaired) electrons. The van der Waals surface area contributed by atoms with Crippen LogP contribution in [0.3, 0.4) is 0 Å². The van der Waals surface area contributed by atoms with E-state index in [1.807, 2.05) is 19.4 Å². The number of rotatable bonds is 4. The predicted molar refractivity (Wildman–Crippen MR) is 46.9 cm³/mol. The van der Waals surface area contributed by atoms with E-state index >= 15 is 0 Å². The summed E-state index contributed by atoms with van der Waals surface area (Å²) in [5, 5.41) is 2.06. The highest BCUT2D eigenvalue weighted by Gasteiger charge is 1.96. The van der Waals surface area contributed by atoms with Gasteiger partial charge in [0.1, 0.15) is 0 Å². The molecule has 0 aliphatic heterocycles.